The number of rotatable bonds is 8. The Kier molecular flexibility index (Phi) is 7.07. The second-order valence-electron chi connectivity index (χ2n) is 9.91. The Hall–Kier alpha value is -3.20. The molecule has 0 saturated carbocycles. The number of aromatic nitrogens is 2. The lowest BCUT2D eigenvalue weighted by atomic mass is 9.96. The van der Waals surface area contributed by atoms with Crippen molar-refractivity contribution >= 4 is 45.0 Å². The van der Waals surface area contributed by atoms with Crippen molar-refractivity contribution in [3.8, 4) is 16.9 Å². The zero-order valence-electron chi connectivity index (χ0n) is 21.6. The number of fused-ring (bicyclic) bond motifs is 2. The van der Waals surface area contributed by atoms with Crippen LogP contribution in [0.2, 0.25) is 5.02 Å². The minimum Gasteiger partial charge on any atom is -0.508 e. The summed E-state index contributed by atoms with van der Waals surface area (Å²) in [7, 11) is 7.99. The molecule has 37 heavy (non-hydrogen) atoms. The summed E-state index contributed by atoms with van der Waals surface area (Å²) in [6.45, 7) is 3.16. The number of hydrogen-bond donors (Lipinski definition) is 2. The van der Waals surface area contributed by atoms with E-state index in [2.05, 4.69) is 29.2 Å². The number of nitrogens with one attached hydrogen (secondary N) is 1. The zero-order chi connectivity index (χ0) is 26.3. The van der Waals surface area contributed by atoms with Gasteiger partial charge in [0.05, 0.1) is 5.02 Å². The monoisotopic (exact) mass is 522 g/mol. The van der Waals surface area contributed by atoms with Gasteiger partial charge in [-0.2, -0.15) is 4.98 Å². The van der Waals surface area contributed by atoms with Gasteiger partial charge in [-0.15, -0.1) is 0 Å². The van der Waals surface area contributed by atoms with E-state index < -0.39 is 5.82 Å². The van der Waals surface area contributed by atoms with E-state index in [4.69, 9.17) is 21.6 Å². The maximum absolute atomic E-state index is 16.5. The van der Waals surface area contributed by atoms with Crippen LogP contribution in [-0.4, -0.2) is 80.4 Å². The van der Waals surface area contributed by atoms with Crippen molar-refractivity contribution in [1.29, 1.82) is 0 Å². The van der Waals surface area contributed by atoms with E-state index in [9.17, 15) is 5.11 Å². The molecule has 1 saturated heterocycles. The summed E-state index contributed by atoms with van der Waals surface area (Å²) in [4.78, 5) is 15.9. The highest BCUT2D eigenvalue weighted by Gasteiger charge is 2.32. The van der Waals surface area contributed by atoms with Crippen molar-refractivity contribution in [2.45, 2.75) is 12.5 Å². The molecule has 1 aliphatic rings. The largest absolute Gasteiger partial charge is 0.508 e. The van der Waals surface area contributed by atoms with Crippen LogP contribution in [-0.2, 0) is 0 Å². The topological polar surface area (TPSA) is 67.8 Å². The van der Waals surface area contributed by atoms with Gasteiger partial charge in [0, 0.05) is 43.7 Å². The fourth-order valence-electron chi connectivity index (χ4n) is 4.89. The number of benzene rings is 3. The van der Waals surface area contributed by atoms with Crippen molar-refractivity contribution in [2.75, 3.05) is 64.2 Å². The second kappa shape index (κ2) is 10.3. The summed E-state index contributed by atoms with van der Waals surface area (Å²) in [5.41, 5.74) is 0.978. The highest BCUT2D eigenvalue weighted by molar-refractivity contribution is 6.35. The molecule has 0 aliphatic carbocycles. The molecule has 0 amide bonds. The number of hydrogen-bond acceptors (Lipinski definition) is 7. The van der Waals surface area contributed by atoms with Crippen LogP contribution in [0.15, 0.2) is 42.5 Å². The number of nitrogens with zero attached hydrogens (tertiary/aromatic N) is 5. The molecule has 9 heteroatoms. The number of likely N-dealkylation sites (N-methyl/N-ethyl adjacent to an activating group) is 1. The molecule has 0 unspecified atom stereocenters. The Morgan fingerprint density at radius 3 is 2.59 bits per heavy atom. The third-order valence-corrected chi connectivity index (χ3v) is 7.42. The maximum Gasteiger partial charge on any atom is 0.228 e. The predicted octanol–water partition coefficient (Wildman–Crippen LogP) is 4.74. The molecule has 1 aromatic heterocycles. The molecule has 0 spiro atoms. The normalized spacial score (nSPS) is 14.1. The van der Waals surface area contributed by atoms with Gasteiger partial charge in [0.2, 0.25) is 5.95 Å². The van der Waals surface area contributed by atoms with E-state index in [1.807, 2.05) is 43.3 Å². The Labute approximate surface area is 221 Å². The molecular formula is C28H32ClFN6O. The van der Waals surface area contributed by atoms with E-state index in [1.54, 1.807) is 18.2 Å². The van der Waals surface area contributed by atoms with Gasteiger partial charge in [0.25, 0.3) is 0 Å². The van der Waals surface area contributed by atoms with E-state index in [0.29, 0.717) is 28.8 Å². The van der Waals surface area contributed by atoms with Crippen LogP contribution in [0.1, 0.15) is 6.42 Å². The lowest BCUT2D eigenvalue weighted by molar-refractivity contribution is 0.245. The highest BCUT2D eigenvalue weighted by atomic mass is 35.5. The fourth-order valence-corrected chi connectivity index (χ4v) is 5.19. The lowest BCUT2D eigenvalue weighted by Gasteiger charge is -2.43. The minimum absolute atomic E-state index is 0.0490. The Morgan fingerprint density at radius 2 is 1.86 bits per heavy atom. The third-order valence-electron chi connectivity index (χ3n) is 7.12. The average Bonchev–Trinajstić information content (AvgIpc) is 2.83. The van der Waals surface area contributed by atoms with E-state index in [0.717, 1.165) is 43.4 Å². The number of phenols is 1. The molecule has 4 aromatic rings. The van der Waals surface area contributed by atoms with Gasteiger partial charge >= 0.3 is 0 Å². The van der Waals surface area contributed by atoms with Crippen molar-refractivity contribution in [3.63, 3.8) is 0 Å². The SMILES string of the molecule is CNCCCN(C)c1nc(N2CC(N(C)C)C2)nc2c(F)c(-c3cc(O)cc4ccccc34)c(Cl)cc12. The van der Waals surface area contributed by atoms with Crippen LogP contribution in [0.25, 0.3) is 32.8 Å². The summed E-state index contributed by atoms with van der Waals surface area (Å²) in [6.07, 6.45) is 0.907. The summed E-state index contributed by atoms with van der Waals surface area (Å²) in [5.74, 6) is 0.691. The van der Waals surface area contributed by atoms with Crippen LogP contribution in [0.5, 0.6) is 5.75 Å². The molecule has 2 N–H and O–H groups in total. The molecule has 3 aromatic carbocycles. The van der Waals surface area contributed by atoms with Crippen LogP contribution in [0, 0.1) is 5.82 Å². The first-order valence-corrected chi connectivity index (χ1v) is 12.8. The molecule has 0 atom stereocenters. The van der Waals surface area contributed by atoms with Gasteiger partial charge in [-0.1, -0.05) is 35.9 Å². The van der Waals surface area contributed by atoms with Crippen molar-refractivity contribution in [3.05, 3.63) is 53.3 Å². The maximum atomic E-state index is 16.5. The van der Waals surface area contributed by atoms with Crippen LogP contribution >= 0.6 is 11.6 Å². The predicted molar refractivity (Wildman–Crippen MR) is 151 cm³/mol. The molecule has 0 radical (unpaired) electrons. The Morgan fingerprint density at radius 1 is 1.11 bits per heavy atom. The first-order chi connectivity index (χ1) is 17.8. The van der Waals surface area contributed by atoms with Gasteiger partial charge in [-0.05, 0) is 68.6 Å². The van der Waals surface area contributed by atoms with Gasteiger partial charge in [0.15, 0.2) is 5.82 Å². The Bertz CT molecular complexity index is 1460. The Balaban J connectivity index is 1.70. The third kappa shape index (κ3) is 4.77. The fraction of sp³-hybridized carbons (Fsp3) is 0.357. The van der Waals surface area contributed by atoms with Gasteiger partial charge in [-0.3, -0.25) is 0 Å². The summed E-state index contributed by atoms with van der Waals surface area (Å²) in [5, 5.41) is 16.0. The number of aromatic hydroxyl groups is 1. The van der Waals surface area contributed by atoms with Crippen LogP contribution in [0.3, 0.4) is 0 Å². The molecule has 0 bridgehead atoms. The first kappa shape index (κ1) is 25.4. The van der Waals surface area contributed by atoms with E-state index in [-0.39, 0.29) is 21.9 Å². The van der Waals surface area contributed by atoms with E-state index >= 15 is 4.39 Å². The minimum atomic E-state index is -0.517. The van der Waals surface area contributed by atoms with Gasteiger partial charge < -0.3 is 25.1 Å². The quantitative estimate of drug-likeness (QED) is 0.324. The van der Waals surface area contributed by atoms with Gasteiger partial charge in [0.1, 0.15) is 17.1 Å². The first-order valence-electron chi connectivity index (χ1n) is 12.5. The summed E-state index contributed by atoms with van der Waals surface area (Å²) < 4.78 is 16.5. The molecular weight excluding hydrogens is 491 g/mol. The second-order valence-corrected chi connectivity index (χ2v) is 10.3. The van der Waals surface area contributed by atoms with Crippen molar-refractivity contribution in [1.82, 2.24) is 20.2 Å². The molecule has 1 aliphatic heterocycles. The lowest BCUT2D eigenvalue weighted by Crippen LogP contribution is -2.58. The summed E-state index contributed by atoms with van der Waals surface area (Å²) >= 11 is 6.77. The molecule has 194 valence electrons. The highest BCUT2D eigenvalue weighted by Crippen LogP contribution is 2.42. The van der Waals surface area contributed by atoms with Crippen molar-refractivity contribution in [2.24, 2.45) is 0 Å². The summed E-state index contributed by atoms with van der Waals surface area (Å²) in [6, 6.07) is 12.9. The smallest absolute Gasteiger partial charge is 0.228 e. The molecule has 5 rings (SSSR count). The van der Waals surface area contributed by atoms with Crippen LogP contribution < -0.4 is 15.1 Å². The number of anilines is 2. The van der Waals surface area contributed by atoms with E-state index in [1.165, 1.54) is 0 Å². The number of phenolic OH excluding ortho intramolecular Hbond substituents is 1. The zero-order valence-corrected chi connectivity index (χ0v) is 22.3. The average molecular weight is 523 g/mol. The van der Waals surface area contributed by atoms with Crippen LogP contribution in [0.4, 0.5) is 16.2 Å². The molecule has 1 fully saturated rings. The molecule has 7 nitrogen and oxygen atoms in total. The van der Waals surface area contributed by atoms with Gasteiger partial charge in [-0.25, -0.2) is 9.37 Å². The molecule has 2 heterocycles. The number of halogens is 2. The standard InChI is InChI=1S/C28H32ClFN6O/c1-31-10-7-11-35(4)27-22-14-23(29)24(21-13-19(37)12-17-8-5-6-9-20(17)21)25(30)26(22)32-28(33-27)36-15-18(16-36)34(2)3/h5-6,8-9,12-14,18,31,37H,7,10-11,15-16H2,1-4H3. The van der Waals surface area contributed by atoms with Crippen molar-refractivity contribution < 1.29 is 9.50 Å².